The maximum Gasteiger partial charge on any atom is 0.243 e. The van der Waals surface area contributed by atoms with E-state index in [1.165, 1.54) is 11.3 Å². The minimum Gasteiger partial charge on any atom is -0.385 e. The topological polar surface area (TPSA) is 77.2 Å². The molecule has 1 amide bonds. The third kappa shape index (κ3) is 4.36. The smallest absolute Gasteiger partial charge is 0.243 e. The second-order valence-electron chi connectivity index (χ2n) is 4.11. The molecule has 1 aromatic heterocycles. The highest BCUT2D eigenvalue weighted by Crippen LogP contribution is 2.22. The van der Waals surface area contributed by atoms with E-state index >= 15 is 0 Å². The maximum absolute atomic E-state index is 11.8. The lowest BCUT2D eigenvalue weighted by Crippen LogP contribution is -2.35. The molecule has 1 aromatic rings. The van der Waals surface area contributed by atoms with E-state index in [0.29, 0.717) is 18.2 Å². The van der Waals surface area contributed by atoms with Crippen molar-refractivity contribution in [3.63, 3.8) is 0 Å². The fraction of sp³-hybridized carbons (Fsp3) is 0.667. The first-order valence-corrected chi connectivity index (χ1v) is 6.91. The van der Waals surface area contributed by atoms with Crippen molar-refractivity contribution in [2.24, 2.45) is 5.73 Å². The van der Waals surface area contributed by atoms with Crippen LogP contribution in [0.15, 0.2) is 0 Å². The molecular weight excluding hydrogens is 250 g/mol. The highest BCUT2D eigenvalue weighted by Gasteiger charge is 2.15. The van der Waals surface area contributed by atoms with Gasteiger partial charge in [-0.3, -0.25) is 4.79 Å². The van der Waals surface area contributed by atoms with Gasteiger partial charge in [-0.1, -0.05) is 6.92 Å². The van der Waals surface area contributed by atoms with Crippen molar-refractivity contribution >= 4 is 22.4 Å². The zero-order valence-corrected chi connectivity index (χ0v) is 12.0. The lowest BCUT2D eigenvalue weighted by atomic mass is 10.1. The van der Waals surface area contributed by atoms with Gasteiger partial charge in [0, 0.05) is 18.6 Å². The number of methoxy groups -OCH3 is 1. The molecule has 0 bridgehead atoms. The predicted octanol–water partition coefficient (Wildman–Crippen LogP) is 1.71. The van der Waals surface area contributed by atoms with Crippen molar-refractivity contribution in [1.29, 1.82) is 0 Å². The number of nitrogens with two attached hydrogens (primary N) is 1. The molecular formula is C12H21N3O2S. The summed E-state index contributed by atoms with van der Waals surface area (Å²) in [5.41, 5.74) is 6.82. The molecule has 0 fully saturated rings. The number of nitrogens with one attached hydrogen (secondary N) is 1. The van der Waals surface area contributed by atoms with E-state index in [1.54, 1.807) is 7.11 Å². The van der Waals surface area contributed by atoms with Crippen molar-refractivity contribution in [2.75, 3.05) is 19.0 Å². The quantitative estimate of drug-likeness (QED) is 0.740. The van der Waals surface area contributed by atoms with Crippen LogP contribution in [0.3, 0.4) is 0 Å². The summed E-state index contributed by atoms with van der Waals surface area (Å²) < 4.78 is 4.93. The van der Waals surface area contributed by atoms with E-state index in [-0.39, 0.29) is 5.91 Å². The lowest BCUT2D eigenvalue weighted by molar-refractivity contribution is -0.117. The number of amides is 1. The van der Waals surface area contributed by atoms with Gasteiger partial charge in [0.1, 0.15) is 0 Å². The number of hydrogen-bond donors (Lipinski definition) is 2. The Balaban J connectivity index is 2.47. The zero-order valence-electron chi connectivity index (χ0n) is 11.2. The Morgan fingerprint density at radius 1 is 1.61 bits per heavy atom. The van der Waals surface area contributed by atoms with Crippen LogP contribution < -0.4 is 11.1 Å². The zero-order chi connectivity index (χ0) is 13.5. The average Bonchev–Trinajstić information content (AvgIpc) is 2.69. The molecule has 3 N–H and O–H groups in total. The first-order chi connectivity index (χ1) is 8.58. The molecule has 1 atom stereocenters. The normalized spacial score (nSPS) is 12.4. The molecule has 0 aliphatic rings. The monoisotopic (exact) mass is 271 g/mol. The molecule has 0 aliphatic carbocycles. The summed E-state index contributed by atoms with van der Waals surface area (Å²) in [6.45, 7) is 4.67. The van der Waals surface area contributed by atoms with Gasteiger partial charge in [-0.15, -0.1) is 11.3 Å². The van der Waals surface area contributed by atoms with Crippen LogP contribution in [0.1, 0.15) is 30.3 Å². The standard InChI is InChI=1S/C12H21N3O2S/c1-4-10-8(2)18-12(14-10)15-11(16)9(13)6-5-7-17-3/h9H,4-7,13H2,1-3H3,(H,14,15,16). The summed E-state index contributed by atoms with van der Waals surface area (Å²) >= 11 is 1.49. The molecule has 0 radical (unpaired) electrons. The van der Waals surface area contributed by atoms with E-state index in [2.05, 4.69) is 10.3 Å². The second kappa shape index (κ2) is 7.45. The summed E-state index contributed by atoms with van der Waals surface area (Å²) in [5, 5.41) is 3.40. The fourth-order valence-corrected chi connectivity index (χ4v) is 2.49. The Morgan fingerprint density at radius 2 is 2.33 bits per heavy atom. The van der Waals surface area contributed by atoms with Gasteiger partial charge in [-0.25, -0.2) is 4.98 Å². The van der Waals surface area contributed by atoms with Crippen molar-refractivity contribution in [2.45, 2.75) is 39.2 Å². The summed E-state index contributed by atoms with van der Waals surface area (Å²) in [6.07, 6.45) is 2.27. The van der Waals surface area contributed by atoms with E-state index in [0.717, 1.165) is 23.4 Å². The third-order valence-electron chi connectivity index (χ3n) is 2.66. The van der Waals surface area contributed by atoms with Crippen LogP contribution in [0.4, 0.5) is 5.13 Å². The van der Waals surface area contributed by atoms with Crippen LogP contribution in [-0.2, 0) is 16.0 Å². The van der Waals surface area contributed by atoms with Crippen LogP contribution in [-0.4, -0.2) is 30.6 Å². The molecule has 1 heterocycles. The van der Waals surface area contributed by atoms with Crippen molar-refractivity contribution in [3.05, 3.63) is 10.6 Å². The Morgan fingerprint density at radius 3 is 2.89 bits per heavy atom. The third-order valence-corrected chi connectivity index (χ3v) is 3.59. The number of hydrogen-bond acceptors (Lipinski definition) is 5. The summed E-state index contributed by atoms with van der Waals surface area (Å²) in [5.74, 6) is -0.178. The second-order valence-corrected chi connectivity index (χ2v) is 5.31. The number of carbonyl (C=O) groups excluding carboxylic acids is 1. The highest BCUT2D eigenvalue weighted by atomic mass is 32.1. The molecule has 0 spiro atoms. The van der Waals surface area contributed by atoms with Crippen molar-refractivity contribution in [3.8, 4) is 0 Å². The van der Waals surface area contributed by atoms with Crippen LogP contribution in [0.25, 0.3) is 0 Å². The number of ether oxygens (including phenoxy) is 1. The Labute approximate surface area is 112 Å². The molecule has 18 heavy (non-hydrogen) atoms. The van der Waals surface area contributed by atoms with Crippen molar-refractivity contribution in [1.82, 2.24) is 4.98 Å². The lowest BCUT2D eigenvalue weighted by Gasteiger charge is -2.09. The largest absolute Gasteiger partial charge is 0.385 e. The minimum atomic E-state index is -0.505. The molecule has 0 saturated heterocycles. The number of aromatic nitrogens is 1. The molecule has 6 heteroatoms. The summed E-state index contributed by atoms with van der Waals surface area (Å²) in [4.78, 5) is 17.3. The first-order valence-electron chi connectivity index (χ1n) is 6.10. The number of rotatable bonds is 7. The summed E-state index contributed by atoms with van der Waals surface area (Å²) in [7, 11) is 1.64. The van der Waals surface area contributed by atoms with Crippen LogP contribution >= 0.6 is 11.3 Å². The highest BCUT2D eigenvalue weighted by molar-refractivity contribution is 7.15. The number of anilines is 1. The van der Waals surface area contributed by atoms with Gasteiger partial charge in [0.05, 0.1) is 11.7 Å². The van der Waals surface area contributed by atoms with Gasteiger partial charge in [-0.05, 0) is 26.2 Å². The van der Waals surface area contributed by atoms with Crippen LogP contribution in [0.5, 0.6) is 0 Å². The molecule has 5 nitrogen and oxygen atoms in total. The first kappa shape index (κ1) is 15.1. The Kier molecular flexibility index (Phi) is 6.24. The number of thiazole rings is 1. The molecule has 0 aliphatic heterocycles. The van der Waals surface area contributed by atoms with Gasteiger partial charge >= 0.3 is 0 Å². The van der Waals surface area contributed by atoms with Gasteiger partial charge in [0.15, 0.2) is 5.13 Å². The predicted molar refractivity (Wildman–Crippen MR) is 73.9 cm³/mol. The number of aryl methyl sites for hydroxylation is 2. The molecule has 1 unspecified atom stereocenters. The van der Waals surface area contributed by atoms with E-state index in [4.69, 9.17) is 10.5 Å². The SMILES string of the molecule is CCc1nc(NC(=O)C(N)CCCOC)sc1C. The van der Waals surface area contributed by atoms with Crippen LogP contribution in [0, 0.1) is 6.92 Å². The van der Waals surface area contributed by atoms with Gasteiger partial charge in [-0.2, -0.15) is 0 Å². The van der Waals surface area contributed by atoms with Gasteiger partial charge in [0.25, 0.3) is 0 Å². The Hall–Kier alpha value is -0.980. The van der Waals surface area contributed by atoms with E-state index in [1.807, 2.05) is 13.8 Å². The van der Waals surface area contributed by atoms with Crippen LogP contribution in [0.2, 0.25) is 0 Å². The molecule has 0 aromatic carbocycles. The average molecular weight is 271 g/mol. The number of carbonyl (C=O) groups is 1. The van der Waals surface area contributed by atoms with Gasteiger partial charge < -0.3 is 15.8 Å². The number of nitrogens with zero attached hydrogens (tertiary/aromatic N) is 1. The van der Waals surface area contributed by atoms with Crippen molar-refractivity contribution < 1.29 is 9.53 Å². The van der Waals surface area contributed by atoms with E-state index < -0.39 is 6.04 Å². The van der Waals surface area contributed by atoms with E-state index in [9.17, 15) is 4.79 Å². The molecule has 0 saturated carbocycles. The molecule has 1 rings (SSSR count). The maximum atomic E-state index is 11.8. The molecule has 102 valence electrons. The van der Waals surface area contributed by atoms with Gasteiger partial charge in [0.2, 0.25) is 5.91 Å². The summed E-state index contributed by atoms with van der Waals surface area (Å²) in [6, 6.07) is -0.505. The minimum absolute atomic E-state index is 0.178. The Bertz CT molecular complexity index is 393. The fourth-order valence-electron chi connectivity index (χ4n) is 1.59.